The molecule has 230 valence electrons. The number of hydrogen-bond acceptors (Lipinski definition) is 4. The van der Waals surface area contributed by atoms with E-state index in [0.717, 1.165) is 45.0 Å². The zero-order valence-corrected chi connectivity index (χ0v) is 24.0. The smallest absolute Gasteiger partial charge is 0.293 e. The largest absolute Gasteiger partial charge is 0.298 e. The first-order valence-corrected chi connectivity index (χ1v) is 14.6. The van der Waals surface area contributed by atoms with Crippen molar-refractivity contribution in [1.29, 1.82) is 0 Å². The maximum atomic E-state index is 15.1. The van der Waals surface area contributed by atoms with E-state index in [1.54, 1.807) is 6.07 Å². The first-order valence-electron chi connectivity index (χ1n) is 14.6. The number of halogens is 6. The van der Waals surface area contributed by atoms with E-state index in [1.165, 1.54) is 6.20 Å². The summed E-state index contributed by atoms with van der Waals surface area (Å²) in [6.45, 7) is 1.24. The lowest BCUT2D eigenvalue weighted by atomic mass is 9.86. The molecule has 11 heteroatoms. The second-order valence-electron chi connectivity index (χ2n) is 11.9. The van der Waals surface area contributed by atoms with Crippen molar-refractivity contribution >= 4 is 16.7 Å². The minimum Gasteiger partial charge on any atom is -0.298 e. The van der Waals surface area contributed by atoms with Crippen LogP contribution in [0.5, 0.6) is 0 Å². The normalized spacial score (nSPS) is 18.7. The molecule has 2 aliphatic rings. The van der Waals surface area contributed by atoms with Crippen molar-refractivity contribution in [3.05, 3.63) is 112 Å². The Morgan fingerprint density at radius 1 is 1.02 bits per heavy atom. The van der Waals surface area contributed by atoms with Gasteiger partial charge in [-0.15, -0.1) is 0 Å². The Kier molecular flexibility index (Phi) is 7.02. The van der Waals surface area contributed by atoms with Gasteiger partial charge >= 0.3 is 0 Å². The van der Waals surface area contributed by atoms with Crippen LogP contribution in [0.2, 0.25) is 0 Å². The minimum atomic E-state index is -3.36. The molecule has 0 aliphatic heterocycles. The topological polar surface area (TPSA) is 60.7 Å². The van der Waals surface area contributed by atoms with E-state index in [1.807, 2.05) is 43.3 Å². The molecule has 0 amide bonds. The lowest BCUT2D eigenvalue weighted by Gasteiger charge is -2.21. The third kappa shape index (κ3) is 5.27. The van der Waals surface area contributed by atoms with Gasteiger partial charge in [0.05, 0.1) is 11.2 Å². The van der Waals surface area contributed by atoms with Crippen LogP contribution in [0.4, 0.5) is 26.3 Å². The molecular formula is C34H26F6N4O. The Labute approximate surface area is 253 Å². The summed E-state index contributed by atoms with van der Waals surface area (Å²) >= 11 is 0. The Balaban J connectivity index is 1.25. The number of ketones is 1. The number of benzene rings is 2. The SMILES string of the molecule is Cc1ccc2cc(-c3cccnc3[C@@H](CC(=O)Cn3nc(C(F)F)c4c3C(F)(F)C3CC43)Cc3cc(F)cc(F)c3)ccc2n1. The van der Waals surface area contributed by atoms with Gasteiger partial charge in [0, 0.05) is 52.7 Å². The molecule has 2 unspecified atom stereocenters. The number of rotatable bonds is 9. The highest BCUT2D eigenvalue weighted by Crippen LogP contribution is 2.68. The highest BCUT2D eigenvalue weighted by Gasteiger charge is 2.67. The molecule has 3 atom stereocenters. The number of nitrogens with zero attached hydrogens (tertiary/aromatic N) is 4. The van der Waals surface area contributed by atoms with Gasteiger partial charge in [0.1, 0.15) is 29.6 Å². The third-order valence-electron chi connectivity index (χ3n) is 8.74. The fourth-order valence-corrected chi connectivity index (χ4v) is 6.74. The van der Waals surface area contributed by atoms with Crippen LogP contribution in [0.3, 0.4) is 0 Å². The van der Waals surface area contributed by atoms with Crippen molar-refractivity contribution in [2.75, 3.05) is 0 Å². The summed E-state index contributed by atoms with van der Waals surface area (Å²) < 4.78 is 86.9. The fourth-order valence-electron chi connectivity index (χ4n) is 6.74. The van der Waals surface area contributed by atoms with E-state index in [-0.39, 0.29) is 30.4 Å². The molecule has 0 bridgehead atoms. The maximum Gasteiger partial charge on any atom is 0.293 e. The van der Waals surface area contributed by atoms with Crippen molar-refractivity contribution < 1.29 is 31.1 Å². The molecule has 2 aliphatic carbocycles. The minimum absolute atomic E-state index is 0.00142. The molecule has 3 aromatic heterocycles. The summed E-state index contributed by atoms with van der Waals surface area (Å²) in [6.07, 6.45) is -1.68. The summed E-state index contributed by atoms with van der Waals surface area (Å²) in [4.78, 5) is 22.7. The van der Waals surface area contributed by atoms with Gasteiger partial charge in [0.25, 0.3) is 12.3 Å². The summed E-state index contributed by atoms with van der Waals surface area (Å²) in [5.74, 6) is -7.99. The van der Waals surface area contributed by atoms with Crippen LogP contribution in [0, 0.1) is 24.5 Å². The molecular weight excluding hydrogens is 594 g/mol. The number of aromatic nitrogens is 4. The van der Waals surface area contributed by atoms with Crippen molar-refractivity contribution in [2.45, 2.75) is 56.9 Å². The zero-order chi connectivity index (χ0) is 31.6. The number of carbonyl (C=O) groups is 1. The lowest BCUT2D eigenvalue weighted by Crippen LogP contribution is -2.24. The second-order valence-corrected chi connectivity index (χ2v) is 11.9. The third-order valence-corrected chi connectivity index (χ3v) is 8.74. The number of fused-ring (bicyclic) bond motifs is 4. The van der Waals surface area contributed by atoms with Crippen LogP contribution in [0.15, 0.2) is 66.9 Å². The molecule has 1 fully saturated rings. The van der Waals surface area contributed by atoms with Gasteiger partial charge in [-0.3, -0.25) is 19.4 Å². The van der Waals surface area contributed by atoms with Crippen LogP contribution in [-0.4, -0.2) is 25.5 Å². The predicted molar refractivity (Wildman–Crippen MR) is 154 cm³/mol. The van der Waals surface area contributed by atoms with E-state index >= 15 is 8.78 Å². The zero-order valence-electron chi connectivity index (χ0n) is 24.0. The van der Waals surface area contributed by atoms with Crippen molar-refractivity contribution in [3.8, 4) is 11.1 Å². The number of pyridine rings is 2. The molecule has 7 rings (SSSR count). The Morgan fingerprint density at radius 3 is 2.56 bits per heavy atom. The quantitative estimate of drug-likeness (QED) is 0.156. The Morgan fingerprint density at radius 2 is 1.80 bits per heavy atom. The van der Waals surface area contributed by atoms with Crippen LogP contribution in [0.25, 0.3) is 22.0 Å². The second kappa shape index (κ2) is 10.8. The van der Waals surface area contributed by atoms with Gasteiger partial charge in [-0.1, -0.05) is 18.2 Å². The van der Waals surface area contributed by atoms with E-state index in [0.29, 0.717) is 11.3 Å². The van der Waals surface area contributed by atoms with Gasteiger partial charge in [0.15, 0.2) is 5.78 Å². The van der Waals surface area contributed by atoms with Gasteiger partial charge in [-0.25, -0.2) is 17.6 Å². The van der Waals surface area contributed by atoms with Crippen molar-refractivity contribution in [2.24, 2.45) is 5.92 Å². The first kappa shape index (κ1) is 29.2. The molecule has 0 N–H and O–H groups in total. The molecule has 0 saturated heterocycles. The number of Topliss-reactive ketones (excluding diaryl/α,β-unsaturated/α-hetero) is 1. The van der Waals surface area contributed by atoms with E-state index in [2.05, 4.69) is 15.1 Å². The summed E-state index contributed by atoms with van der Waals surface area (Å²) in [6, 6.07) is 16.1. The number of hydrogen-bond donors (Lipinski definition) is 0. The number of carbonyl (C=O) groups excluding carboxylic acids is 1. The average molecular weight is 621 g/mol. The molecule has 3 heterocycles. The fraction of sp³-hybridized carbons (Fsp3) is 0.294. The highest BCUT2D eigenvalue weighted by atomic mass is 19.3. The molecule has 0 radical (unpaired) electrons. The molecule has 2 aromatic carbocycles. The number of aryl methyl sites for hydroxylation is 1. The monoisotopic (exact) mass is 620 g/mol. The van der Waals surface area contributed by atoms with Gasteiger partial charge in [0.2, 0.25) is 0 Å². The Bertz CT molecular complexity index is 1950. The standard InChI is InChI=1S/C34H26F6N4O/c1-17-4-5-20-12-19(6-7-28(20)42-17)25-3-2-8-41-30(25)21(9-18-10-22(35)14-23(36)11-18)13-24(45)16-44-32-29(31(43-44)33(37)38)26-15-27(26)34(32,39)40/h2-8,10-12,14,21,26-27,33H,9,13,15-16H2,1H3/t21-,26?,27?/m1/s1. The lowest BCUT2D eigenvalue weighted by molar-refractivity contribution is -0.120. The summed E-state index contributed by atoms with van der Waals surface area (Å²) in [5.41, 5.74) is 2.34. The van der Waals surface area contributed by atoms with Crippen LogP contribution >= 0.6 is 0 Å². The highest BCUT2D eigenvalue weighted by molar-refractivity contribution is 5.85. The van der Waals surface area contributed by atoms with Gasteiger partial charge in [-0.2, -0.15) is 13.9 Å². The summed E-state index contributed by atoms with van der Waals surface area (Å²) in [5, 5.41) is 4.65. The molecule has 5 aromatic rings. The molecule has 0 spiro atoms. The van der Waals surface area contributed by atoms with Crippen LogP contribution in [0.1, 0.15) is 65.0 Å². The van der Waals surface area contributed by atoms with Gasteiger partial charge in [-0.05, 0) is 73.2 Å². The molecule has 45 heavy (non-hydrogen) atoms. The Hall–Kier alpha value is -4.54. The van der Waals surface area contributed by atoms with Crippen LogP contribution < -0.4 is 0 Å². The van der Waals surface area contributed by atoms with E-state index in [9.17, 15) is 22.4 Å². The van der Waals surface area contributed by atoms with Crippen LogP contribution in [-0.2, 0) is 23.7 Å². The maximum absolute atomic E-state index is 15.1. The number of alkyl halides is 4. The predicted octanol–water partition coefficient (Wildman–Crippen LogP) is 8.21. The average Bonchev–Trinajstić information content (AvgIpc) is 3.64. The first-order chi connectivity index (χ1) is 21.5. The van der Waals surface area contributed by atoms with Crippen molar-refractivity contribution in [3.63, 3.8) is 0 Å². The molecule has 5 nitrogen and oxygen atoms in total. The van der Waals surface area contributed by atoms with Crippen molar-refractivity contribution in [1.82, 2.24) is 19.7 Å². The molecule has 1 saturated carbocycles. The summed E-state index contributed by atoms with van der Waals surface area (Å²) in [7, 11) is 0. The van der Waals surface area contributed by atoms with Gasteiger partial charge < -0.3 is 0 Å². The van der Waals surface area contributed by atoms with E-state index in [4.69, 9.17) is 0 Å². The van der Waals surface area contributed by atoms with E-state index < -0.39 is 65.5 Å².